The van der Waals surface area contributed by atoms with E-state index >= 15 is 0 Å². The van der Waals surface area contributed by atoms with Crippen LogP contribution < -0.4 is 10.1 Å². The third-order valence-corrected chi connectivity index (χ3v) is 3.77. The summed E-state index contributed by atoms with van der Waals surface area (Å²) in [5.41, 5.74) is 2.52. The van der Waals surface area contributed by atoms with Gasteiger partial charge in [-0.1, -0.05) is 19.1 Å². The molecule has 1 aliphatic rings. The third kappa shape index (κ3) is 3.95. The smallest absolute Gasteiger partial charge is 0.124 e. The summed E-state index contributed by atoms with van der Waals surface area (Å²) in [6, 6.07) is 6.84. The van der Waals surface area contributed by atoms with Crippen LogP contribution in [0.4, 0.5) is 0 Å². The Hall–Kier alpha value is -1.06. The van der Waals surface area contributed by atoms with Crippen molar-refractivity contribution >= 4 is 0 Å². The normalized spacial score (nSPS) is 20.3. The lowest BCUT2D eigenvalue weighted by Crippen LogP contribution is -2.26. The van der Waals surface area contributed by atoms with Gasteiger partial charge < -0.3 is 15.2 Å². The zero-order valence-electron chi connectivity index (χ0n) is 12.0. The predicted octanol–water partition coefficient (Wildman–Crippen LogP) is 2.82. The number of rotatable bonds is 5. The fraction of sp³-hybridized carbons (Fsp3) is 0.625. The molecular weight excluding hydrogens is 238 g/mol. The van der Waals surface area contributed by atoms with Crippen molar-refractivity contribution < 1.29 is 9.84 Å². The Morgan fingerprint density at radius 1 is 1.47 bits per heavy atom. The minimum atomic E-state index is 0.270. The predicted molar refractivity (Wildman–Crippen MR) is 77.5 cm³/mol. The first kappa shape index (κ1) is 14.4. The topological polar surface area (TPSA) is 41.5 Å². The summed E-state index contributed by atoms with van der Waals surface area (Å²) in [4.78, 5) is 0. The number of ether oxygens (including phenoxy) is 1. The van der Waals surface area contributed by atoms with Crippen molar-refractivity contribution in [1.29, 1.82) is 0 Å². The first-order chi connectivity index (χ1) is 9.20. The van der Waals surface area contributed by atoms with Crippen LogP contribution in [-0.4, -0.2) is 24.9 Å². The second-order valence-electron chi connectivity index (χ2n) is 5.61. The Morgan fingerprint density at radius 2 is 2.32 bits per heavy atom. The molecule has 0 aromatic heterocycles. The maximum absolute atomic E-state index is 8.96. The molecule has 3 nitrogen and oxygen atoms in total. The minimum absolute atomic E-state index is 0.270. The Morgan fingerprint density at radius 3 is 3.11 bits per heavy atom. The molecule has 2 atom stereocenters. The Kier molecular flexibility index (Phi) is 5.23. The van der Waals surface area contributed by atoms with Gasteiger partial charge in [0.25, 0.3) is 0 Å². The van der Waals surface area contributed by atoms with Crippen LogP contribution in [0.15, 0.2) is 18.2 Å². The third-order valence-electron chi connectivity index (χ3n) is 3.77. The summed E-state index contributed by atoms with van der Waals surface area (Å²) in [6.45, 7) is 6.29. The van der Waals surface area contributed by atoms with E-state index in [1.165, 1.54) is 11.1 Å². The van der Waals surface area contributed by atoms with E-state index in [-0.39, 0.29) is 6.61 Å². The van der Waals surface area contributed by atoms with Gasteiger partial charge in [0.05, 0.1) is 6.61 Å². The fourth-order valence-corrected chi connectivity index (χ4v) is 2.56. The average Bonchev–Trinajstić information content (AvgIpc) is 2.58. The van der Waals surface area contributed by atoms with Gasteiger partial charge in [-0.05, 0) is 50.3 Å². The molecule has 2 rings (SSSR count). The van der Waals surface area contributed by atoms with E-state index in [4.69, 9.17) is 9.84 Å². The van der Waals surface area contributed by atoms with Crippen molar-refractivity contribution in [3.05, 3.63) is 29.3 Å². The lowest BCUT2D eigenvalue weighted by Gasteiger charge is -2.21. The van der Waals surface area contributed by atoms with Gasteiger partial charge in [-0.15, -0.1) is 0 Å². The molecule has 2 unspecified atom stereocenters. The van der Waals surface area contributed by atoms with Gasteiger partial charge in [-0.2, -0.15) is 0 Å². The van der Waals surface area contributed by atoms with Crippen molar-refractivity contribution in [1.82, 2.24) is 5.32 Å². The number of hydrogen-bond donors (Lipinski definition) is 2. The Bertz CT molecular complexity index is 406. The van der Waals surface area contributed by atoms with Gasteiger partial charge in [0, 0.05) is 18.2 Å². The summed E-state index contributed by atoms with van der Waals surface area (Å²) >= 11 is 0. The van der Waals surface area contributed by atoms with Crippen LogP contribution >= 0.6 is 0 Å². The standard InChI is InChI=1S/C16H25NO2/c1-12-5-6-14-15(17-11-13(2)7-8-18)4-3-9-19-16(14)10-12/h5-6,10,13,15,17-18H,3-4,7-9,11H2,1-2H3. The van der Waals surface area contributed by atoms with Crippen LogP contribution in [-0.2, 0) is 0 Å². The van der Waals surface area contributed by atoms with E-state index < -0.39 is 0 Å². The molecule has 19 heavy (non-hydrogen) atoms. The number of benzene rings is 1. The number of hydrogen-bond acceptors (Lipinski definition) is 3. The van der Waals surface area contributed by atoms with E-state index in [0.29, 0.717) is 12.0 Å². The average molecular weight is 263 g/mol. The van der Waals surface area contributed by atoms with Gasteiger partial charge in [0.2, 0.25) is 0 Å². The monoisotopic (exact) mass is 263 g/mol. The number of nitrogens with one attached hydrogen (secondary N) is 1. The minimum Gasteiger partial charge on any atom is -0.493 e. The number of aliphatic hydroxyl groups is 1. The van der Waals surface area contributed by atoms with Crippen LogP contribution in [0.5, 0.6) is 5.75 Å². The molecule has 3 heteroatoms. The molecule has 1 heterocycles. The molecule has 0 amide bonds. The molecule has 0 saturated carbocycles. The highest BCUT2D eigenvalue weighted by molar-refractivity contribution is 5.39. The van der Waals surface area contributed by atoms with E-state index in [0.717, 1.165) is 38.2 Å². The van der Waals surface area contributed by atoms with E-state index in [2.05, 4.69) is 37.4 Å². The number of fused-ring (bicyclic) bond motifs is 1. The van der Waals surface area contributed by atoms with E-state index in [1.54, 1.807) is 0 Å². The zero-order chi connectivity index (χ0) is 13.7. The second kappa shape index (κ2) is 6.92. The fourth-order valence-electron chi connectivity index (χ4n) is 2.56. The summed E-state index contributed by atoms with van der Waals surface area (Å²) in [5.74, 6) is 1.54. The molecule has 0 fully saturated rings. The summed E-state index contributed by atoms with van der Waals surface area (Å²) in [7, 11) is 0. The highest BCUT2D eigenvalue weighted by atomic mass is 16.5. The molecular formula is C16H25NO2. The molecule has 0 radical (unpaired) electrons. The highest BCUT2D eigenvalue weighted by Gasteiger charge is 2.19. The molecule has 1 aromatic rings. The first-order valence-corrected chi connectivity index (χ1v) is 7.28. The van der Waals surface area contributed by atoms with Gasteiger partial charge in [-0.25, -0.2) is 0 Å². The van der Waals surface area contributed by atoms with Crippen molar-refractivity contribution in [3.8, 4) is 5.75 Å². The zero-order valence-corrected chi connectivity index (χ0v) is 12.0. The lowest BCUT2D eigenvalue weighted by atomic mass is 9.99. The molecule has 0 bridgehead atoms. The lowest BCUT2D eigenvalue weighted by molar-refractivity contribution is 0.257. The SMILES string of the molecule is Cc1ccc2c(c1)OCCCC2NCC(C)CCO. The molecule has 2 N–H and O–H groups in total. The molecule has 1 aromatic carbocycles. The molecule has 0 spiro atoms. The van der Waals surface area contributed by atoms with Crippen LogP contribution in [0.1, 0.15) is 43.4 Å². The number of aryl methyl sites for hydroxylation is 1. The van der Waals surface area contributed by atoms with Gasteiger partial charge in [-0.3, -0.25) is 0 Å². The molecule has 0 saturated heterocycles. The van der Waals surface area contributed by atoms with Gasteiger partial charge in [0.15, 0.2) is 0 Å². The molecule has 106 valence electrons. The van der Waals surface area contributed by atoms with Crippen molar-refractivity contribution in [3.63, 3.8) is 0 Å². The van der Waals surface area contributed by atoms with Crippen LogP contribution in [0.25, 0.3) is 0 Å². The summed E-state index contributed by atoms with van der Waals surface area (Å²) in [5, 5.41) is 12.6. The van der Waals surface area contributed by atoms with E-state index in [9.17, 15) is 0 Å². The Balaban J connectivity index is 2.05. The maximum atomic E-state index is 8.96. The maximum Gasteiger partial charge on any atom is 0.124 e. The van der Waals surface area contributed by atoms with Gasteiger partial charge in [0.1, 0.15) is 5.75 Å². The Labute approximate surface area is 116 Å². The summed E-state index contributed by atoms with van der Waals surface area (Å²) < 4.78 is 5.83. The first-order valence-electron chi connectivity index (χ1n) is 7.28. The van der Waals surface area contributed by atoms with Crippen LogP contribution in [0.3, 0.4) is 0 Å². The van der Waals surface area contributed by atoms with E-state index in [1.807, 2.05) is 0 Å². The molecule has 1 aliphatic heterocycles. The largest absolute Gasteiger partial charge is 0.493 e. The second-order valence-corrected chi connectivity index (χ2v) is 5.61. The van der Waals surface area contributed by atoms with Gasteiger partial charge >= 0.3 is 0 Å². The highest BCUT2D eigenvalue weighted by Crippen LogP contribution is 2.32. The van der Waals surface area contributed by atoms with Crippen LogP contribution in [0, 0.1) is 12.8 Å². The van der Waals surface area contributed by atoms with Crippen molar-refractivity contribution in [2.24, 2.45) is 5.92 Å². The quantitative estimate of drug-likeness (QED) is 0.858. The summed E-state index contributed by atoms with van der Waals surface area (Å²) in [6.07, 6.45) is 3.05. The van der Waals surface area contributed by atoms with Crippen LogP contribution in [0.2, 0.25) is 0 Å². The number of aliphatic hydroxyl groups excluding tert-OH is 1. The van der Waals surface area contributed by atoms with Crippen molar-refractivity contribution in [2.75, 3.05) is 19.8 Å². The molecule has 0 aliphatic carbocycles. The van der Waals surface area contributed by atoms with Crippen molar-refractivity contribution in [2.45, 2.75) is 39.2 Å².